The van der Waals surface area contributed by atoms with Gasteiger partial charge in [-0.05, 0) is 31.5 Å². The number of esters is 1. The molecule has 2 rings (SSSR count). The van der Waals surface area contributed by atoms with Crippen molar-refractivity contribution >= 4 is 12.0 Å². The van der Waals surface area contributed by atoms with Gasteiger partial charge in [-0.25, -0.2) is 9.59 Å². The van der Waals surface area contributed by atoms with Crippen LogP contribution in [0, 0.1) is 0 Å². The minimum absolute atomic E-state index is 0.124. The van der Waals surface area contributed by atoms with Gasteiger partial charge in [0.1, 0.15) is 6.61 Å². The van der Waals surface area contributed by atoms with Crippen LogP contribution in [0.1, 0.15) is 25.5 Å². The molecule has 1 aliphatic rings. The molecule has 0 bridgehead atoms. The number of carbonyl (C=O) groups is 2. The minimum Gasteiger partial charge on any atom is -0.493 e. The van der Waals surface area contributed by atoms with E-state index in [0.29, 0.717) is 41.5 Å². The molecule has 0 saturated heterocycles. The normalized spacial score (nSPS) is 16.6. The van der Waals surface area contributed by atoms with E-state index in [4.69, 9.17) is 18.9 Å². The zero-order valence-corrected chi connectivity index (χ0v) is 15.4. The van der Waals surface area contributed by atoms with Crippen molar-refractivity contribution in [3.8, 4) is 11.5 Å². The molecule has 0 unspecified atom stereocenters. The van der Waals surface area contributed by atoms with Gasteiger partial charge in [-0.2, -0.15) is 0 Å². The summed E-state index contributed by atoms with van der Waals surface area (Å²) in [5.41, 5.74) is 1.44. The van der Waals surface area contributed by atoms with Crippen molar-refractivity contribution in [2.75, 3.05) is 34.0 Å². The molecule has 2 amide bonds. The Bertz CT molecular complexity index is 701. The van der Waals surface area contributed by atoms with Crippen LogP contribution in [0.3, 0.4) is 0 Å². The van der Waals surface area contributed by atoms with Gasteiger partial charge >= 0.3 is 12.0 Å². The van der Waals surface area contributed by atoms with Gasteiger partial charge in [-0.15, -0.1) is 0 Å². The van der Waals surface area contributed by atoms with E-state index >= 15 is 0 Å². The van der Waals surface area contributed by atoms with Crippen molar-refractivity contribution in [2.45, 2.75) is 19.9 Å². The van der Waals surface area contributed by atoms with Gasteiger partial charge in [0, 0.05) is 12.8 Å². The van der Waals surface area contributed by atoms with Gasteiger partial charge in [-0.3, -0.25) is 0 Å². The number of benzene rings is 1. The van der Waals surface area contributed by atoms with Crippen molar-refractivity contribution in [1.29, 1.82) is 0 Å². The Morgan fingerprint density at radius 2 is 1.96 bits per heavy atom. The van der Waals surface area contributed by atoms with Crippen molar-refractivity contribution in [2.24, 2.45) is 0 Å². The van der Waals surface area contributed by atoms with E-state index in [-0.39, 0.29) is 6.61 Å². The summed E-state index contributed by atoms with van der Waals surface area (Å²) in [5.74, 6) is 0.579. The van der Waals surface area contributed by atoms with Crippen molar-refractivity contribution in [3.05, 3.63) is 35.0 Å². The fraction of sp³-hybridized carbons (Fsp3) is 0.444. The van der Waals surface area contributed by atoms with Crippen LogP contribution in [0.15, 0.2) is 29.5 Å². The summed E-state index contributed by atoms with van der Waals surface area (Å²) in [5, 5.41) is 5.35. The second kappa shape index (κ2) is 9.10. The summed E-state index contributed by atoms with van der Waals surface area (Å²) < 4.78 is 21.0. The Labute approximate surface area is 152 Å². The summed E-state index contributed by atoms with van der Waals surface area (Å²) in [6.45, 7) is 4.44. The third kappa shape index (κ3) is 4.45. The average Bonchev–Trinajstić information content (AvgIpc) is 2.61. The Balaban J connectivity index is 2.36. The number of rotatable bonds is 8. The SMILES string of the molecule is CCOc1ccc([C@@H]2NC(=O)NC(C)=C2C(=O)OCCOC)cc1OC. The van der Waals surface area contributed by atoms with Gasteiger partial charge in [0.05, 0.1) is 31.9 Å². The largest absolute Gasteiger partial charge is 0.493 e. The Morgan fingerprint density at radius 3 is 2.62 bits per heavy atom. The number of amides is 2. The molecule has 1 aromatic rings. The van der Waals surface area contributed by atoms with Crippen molar-refractivity contribution in [1.82, 2.24) is 10.6 Å². The maximum absolute atomic E-state index is 12.5. The zero-order chi connectivity index (χ0) is 19.1. The molecule has 1 aromatic carbocycles. The molecule has 0 aliphatic carbocycles. The van der Waals surface area contributed by atoms with Crippen LogP contribution in [0.2, 0.25) is 0 Å². The molecule has 1 heterocycles. The van der Waals surface area contributed by atoms with Crippen LogP contribution in [0.4, 0.5) is 4.79 Å². The van der Waals surface area contributed by atoms with E-state index < -0.39 is 18.0 Å². The van der Waals surface area contributed by atoms with Crippen molar-refractivity contribution in [3.63, 3.8) is 0 Å². The smallest absolute Gasteiger partial charge is 0.338 e. The number of methoxy groups -OCH3 is 2. The molecule has 0 fully saturated rings. The molecule has 2 N–H and O–H groups in total. The second-order valence-electron chi connectivity index (χ2n) is 5.54. The fourth-order valence-electron chi connectivity index (χ4n) is 2.65. The third-order valence-corrected chi connectivity index (χ3v) is 3.83. The summed E-state index contributed by atoms with van der Waals surface area (Å²) in [7, 11) is 3.05. The topological polar surface area (TPSA) is 95.1 Å². The standard InChI is InChI=1S/C18H24N2O6/c1-5-25-13-7-6-12(10-14(13)24-4)16-15(11(2)19-18(22)20-16)17(21)26-9-8-23-3/h6-7,10,16H,5,8-9H2,1-4H3,(H2,19,20,22)/t16-/m0/s1. The minimum atomic E-state index is -0.664. The quantitative estimate of drug-likeness (QED) is 0.540. The Hall–Kier alpha value is -2.74. The molecule has 0 aromatic heterocycles. The molecule has 1 atom stereocenters. The molecule has 1 aliphatic heterocycles. The van der Waals surface area contributed by atoms with Gasteiger partial charge in [0.15, 0.2) is 11.5 Å². The first-order valence-corrected chi connectivity index (χ1v) is 8.26. The van der Waals surface area contributed by atoms with Crippen LogP contribution >= 0.6 is 0 Å². The lowest BCUT2D eigenvalue weighted by atomic mass is 9.95. The van der Waals surface area contributed by atoms with Gasteiger partial charge in [-0.1, -0.05) is 6.07 Å². The number of ether oxygens (including phenoxy) is 4. The fourth-order valence-corrected chi connectivity index (χ4v) is 2.65. The highest BCUT2D eigenvalue weighted by molar-refractivity contribution is 5.95. The number of hydrogen-bond donors (Lipinski definition) is 2. The van der Waals surface area contributed by atoms with Crippen molar-refractivity contribution < 1.29 is 28.5 Å². The van der Waals surface area contributed by atoms with Crippen LogP contribution in [-0.4, -0.2) is 46.0 Å². The molecule has 142 valence electrons. The number of allylic oxidation sites excluding steroid dienone is 1. The Morgan fingerprint density at radius 1 is 1.19 bits per heavy atom. The maximum Gasteiger partial charge on any atom is 0.338 e. The molecule has 0 radical (unpaired) electrons. The molecular weight excluding hydrogens is 340 g/mol. The third-order valence-electron chi connectivity index (χ3n) is 3.83. The second-order valence-corrected chi connectivity index (χ2v) is 5.54. The van der Waals surface area contributed by atoms with Gasteiger partial charge in [0.2, 0.25) is 0 Å². The average molecular weight is 364 g/mol. The van der Waals surface area contributed by atoms with E-state index in [1.807, 2.05) is 6.92 Å². The first-order valence-electron chi connectivity index (χ1n) is 8.26. The maximum atomic E-state index is 12.5. The summed E-state index contributed by atoms with van der Waals surface area (Å²) in [6.07, 6.45) is 0. The number of carbonyl (C=O) groups excluding carboxylic acids is 2. The molecule has 8 nitrogen and oxygen atoms in total. The predicted molar refractivity (Wildman–Crippen MR) is 94.1 cm³/mol. The first-order chi connectivity index (χ1) is 12.5. The van der Waals surface area contributed by atoms with E-state index in [0.717, 1.165) is 0 Å². The number of hydrogen-bond acceptors (Lipinski definition) is 6. The lowest BCUT2D eigenvalue weighted by Crippen LogP contribution is -2.45. The van der Waals surface area contributed by atoms with Crippen LogP contribution < -0.4 is 20.1 Å². The monoisotopic (exact) mass is 364 g/mol. The highest BCUT2D eigenvalue weighted by Gasteiger charge is 2.32. The predicted octanol–water partition coefficient (Wildman–Crippen LogP) is 1.91. The van der Waals surface area contributed by atoms with Crippen LogP contribution in [-0.2, 0) is 14.3 Å². The van der Waals surface area contributed by atoms with Gasteiger partial charge < -0.3 is 29.6 Å². The van der Waals surface area contributed by atoms with Crippen LogP contribution in [0.25, 0.3) is 0 Å². The Kier molecular flexibility index (Phi) is 6.85. The molecular formula is C18H24N2O6. The lowest BCUT2D eigenvalue weighted by Gasteiger charge is -2.28. The molecule has 26 heavy (non-hydrogen) atoms. The van der Waals surface area contributed by atoms with E-state index in [1.54, 1.807) is 25.1 Å². The lowest BCUT2D eigenvalue weighted by molar-refractivity contribution is -0.140. The highest BCUT2D eigenvalue weighted by atomic mass is 16.6. The number of urea groups is 1. The summed E-state index contributed by atoms with van der Waals surface area (Å²) in [6, 6.07) is 4.20. The summed E-state index contributed by atoms with van der Waals surface area (Å²) >= 11 is 0. The molecule has 8 heteroatoms. The van der Waals surface area contributed by atoms with E-state index in [1.165, 1.54) is 14.2 Å². The highest BCUT2D eigenvalue weighted by Crippen LogP contribution is 2.34. The summed E-state index contributed by atoms with van der Waals surface area (Å²) in [4.78, 5) is 24.4. The zero-order valence-electron chi connectivity index (χ0n) is 15.4. The first kappa shape index (κ1) is 19.6. The van der Waals surface area contributed by atoms with E-state index in [9.17, 15) is 9.59 Å². The van der Waals surface area contributed by atoms with Crippen LogP contribution in [0.5, 0.6) is 11.5 Å². The molecule has 0 spiro atoms. The van der Waals surface area contributed by atoms with E-state index in [2.05, 4.69) is 10.6 Å². The number of nitrogens with one attached hydrogen (secondary N) is 2. The molecule has 0 saturated carbocycles. The van der Waals surface area contributed by atoms with Gasteiger partial charge in [0.25, 0.3) is 0 Å².